The Bertz CT molecular complexity index is 636. The second-order valence-corrected chi connectivity index (χ2v) is 7.47. The van der Waals surface area contributed by atoms with Crippen LogP contribution in [0, 0.1) is 13.8 Å². The third-order valence-corrected chi connectivity index (χ3v) is 5.74. The van der Waals surface area contributed by atoms with Gasteiger partial charge in [-0.15, -0.1) is 0 Å². The van der Waals surface area contributed by atoms with Gasteiger partial charge in [-0.2, -0.15) is 17.5 Å². The minimum absolute atomic E-state index is 0.0752. The predicted octanol–water partition coefficient (Wildman–Crippen LogP) is 2.17. The van der Waals surface area contributed by atoms with Gasteiger partial charge in [0, 0.05) is 26.2 Å². The number of hydrogen-bond donors (Lipinski definition) is 0. The van der Waals surface area contributed by atoms with Crippen molar-refractivity contribution in [1.82, 2.24) is 9.21 Å². The number of halogens is 3. The highest BCUT2D eigenvalue weighted by Crippen LogP contribution is 2.23. The summed E-state index contributed by atoms with van der Waals surface area (Å²) in [5.41, 5.74) is 1.48. The maximum absolute atomic E-state index is 12.6. The molecular formula is C14H19F3N2O2S. The van der Waals surface area contributed by atoms with Crippen LogP contribution in [0.4, 0.5) is 13.2 Å². The molecule has 0 bridgehead atoms. The Morgan fingerprint density at radius 3 is 2.23 bits per heavy atom. The fourth-order valence-corrected chi connectivity index (χ4v) is 4.24. The summed E-state index contributed by atoms with van der Waals surface area (Å²) in [6, 6.07) is 5.17. The number of piperazine rings is 1. The number of benzene rings is 1. The second-order valence-electron chi connectivity index (χ2n) is 5.56. The highest BCUT2D eigenvalue weighted by Gasteiger charge is 2.35. The van der Waals surface area contributed by atoms with Gasteiger partial charge in [0.15, 0.2) is 0 Å². The van der Waals surface area contributed by atoms with Gasteiger partial charge in [0.25, 0.3) is 0 Å². The van der Waals surface area contributed by atoms with Crippen molar-refractivity contribution in [3.05, 3.63) is 29.3 Å². The average Bonchev–Trinajstić information content (AvgIpc) is 2.40. The fraction of sp³-hybridized carbons (Fsp3) is 0.571. The van der Waals surface area contributed by atoms with Crippen LogP contribution < -0.4 is 0 Å². The number of sulfonamides is 1. The first-order valence-corrected chi connectivity index (χ1v) is 8.40. The lowest BCUT2D eigenvalue weighted by molar-refractivity contribution is -0.148. The Balaban J connectivity index is 2.11. The summed E-state index contributed by atoms with van der Waals surface area (Å²) in [5.74, 6) is 0. The zero-order chi connectivity index (χ0) is 16.5. The third-order valence-electron chi connectivity index (χ3n) is 3.70. The van der Waals surface area contributed by atoms with Gasteiger partial charge in [-0.25, -0.2) is 8.42 Å². The fourth-order valence-electron chi connectivity index (χ4n) is 2.51. The van der Waals surface area contributed by atoms with Crippen LogP contribution in [0.2, 0.25) is 0 Å². The molecule has 0 radical (unpaired) electrons. The van der Waals surface area contributed by atoms with Crippen molar-refractivity contribution in [2.45, 2.75) is 24.9 Å². The molecule has 0 saturated carbocycles. The van der Waals surface area contributed by atoms with Gasteiger partial charge in [0.1, 0.15) is 0 Å². The normalized spacial score (nSPS) is 18.6. The van der Waals surface area contributed by atoms with E-state index in [1.807, 2.05) is 6.07 Å². The Kier molecular flexibility index (Phi) is 4.84. The van der Waals surface area contributed by atoms with Crippen LogP contribution in [0.5, 0.6) is 0 Å². The van der Waals surface area contributed by atoms with Crippen LogP contribution in [0.3, 0.4) is 0 Å². The second kappa shape index (κ2) is 6.17. The average molecular weight is 336 g/mol. The summed E-state index contributed by atoms with van der Waals surface area (Å²) in [4.78, 5) is 1.46. The topological polar surface area (TPSA) is 40.6 Å². The highest BCUT2D eigenvalue weighted by molar-refractivity contribution is 7.89. The van der Waals surface area contributed by atoms with E-state index in [0.29, 0.717) is 5.56 Å². The first kappa shape index (κ1) is 17.2. The van der Waals surface area contributed by atoms with E-state index in [-0.39, 0.29) is 31.1 Å². The van der Waals surface area contributed by atoms with Gasteiger partial charge in [0.2, 0.25) is 10.0 Å². The van der Waals surface area contributed by atoms with Gasteiger partial charge in [-0.1, -0.05) is 12.1 Å². The smallest absolute Gasteiger partial charge is 0.292 e. The molecule has 1 aliphatic heterocycles. The molecule has 0 aliphatic carbocycles. The number of alkyl halides is 3. The van der Waals surface area contributed by atoms with E-state index in [0.717, 1.165) is 5.56 Å². The minimum Gasteiger partial charge on any atom is -0.292 e. The lowest BCUT2D eigenvalue weighted by atomic mass is 10.2. The number of hydrogen-bond acceptors (Lipinski definition) is 3. The maximum atomic E-state index is 12.6. The van der Waals surface area contributed by atoms with E-state index in [2.05, 4.69) is 0 Å². The van der Waals surface area contributed by atoms with E-state index in [9.17, 15) is 21.6 Å². The molecule has 0 aromatic heterocycles. The Morgan fingerprint density at radius 2 is 1.68 bits per heavy atom. The molecule has 1 heterocycles. The first-order chi connectivity index (χ1) is 10.1. The highest BCUT2D eigenvalue weighted by atomic mass is 32.2. The molecule has 0 unspecified atom stereocenters. The SMILES string of the molecule is Cc1ccc(C)c(S(=O)(=O)N2CCN(CC(F)(F)F)CC2)c1. The number of nitrogens with zero attached hydrogens (tertiary/aromatic N) is 2. The summed E-state index contributed by atoms with van der Waals surface area (Å²) in [7, 11) is -3.66. The third kappa shape index (κ3) is 3.99. The van der Waals surface area contributed by atoms with Gasteiger partial charge < -0.3 is 0 Å². The van der Waals surface area contributed by atoms with E-state index in [4.69, 9.17) is 0 Å². The number of aryl methyl sites for hydroxylation is 2. The van der Waals surface area contributed by atoms with Gasteiger partial charge in [-0.05, 0) is 31.0 Å². The molecular weight excluding hydrogens is 317 g/mol. The maximum Gasteiger partial charge on any atom is 0.401 e. The van der Waals surface area contributed by atoms with Crippen LogP contribution >= 0.6 is 0 Å². The molecule has 1 aromatic carbocycles. The molecule has 0 atom stereocenters. The van der Waals surface area contributed by atoms with Gasteiger partial charge in [0.05, 0.1) is 11.4 Å². The van der Waals surface area contributed by atoms with Crippen LogP contribution in [0.15, 0.2) is 23.1 Å². The molecule has 0 amide bonds. The van der Waals surface area contributed by atoms with E-state index in [1.54, 1.807) is 26.0 Å². The van der Waals surface area contributed by atoms with Crippen molar-refractivity contribution >= 4 is 10.0 Å². The lowest BCUT2D eigenvalue weighted by Crippen LogP contribution is -2.50. The molecule has 1 aliphatic rings. The lowest BCUT2D eigenvalue weighted by Gasteiger charge is -2.34. The Morgan fingerprint density at radius 1 is 1.09 bits per heavy atom. The molecule has 1 aromatic rings. The Labute approximate surface area is 128 Å². The standard InChI is InChI=1S/C14H19F3N2O2S/c1-11-3-4-12(2)13(9-11)22(20,21)19-7-5-18(6-8-19)10-14(15,16)17/h3-4,9H,5-8,10H2,1-2H3. The van der Waals surface area contributed by atoms with Crippen molar-refractivity contribution < 1.29 is 21.6 Å². The molecule has 0 N–H and O–H groups in total. The van der Waals surface area contributed by atoms with Crippen LogP contribution in [-0.4, -0.2) is 56.5 Å². The van der Waals surface area contributed by atoms with E-state index < -0.39 is 22.7 Å². The number of rotatable bonds is 3. The molecule has 1 saturated heterocycles. The van der Waals surface area contributed by atoms with Crippen molar-refractivity contribution in [3.8, 4) is 0 Å². The first-order valence-electron chi connectivity index (χ1n) is 6.96. The van der Waals surface area contributed by atoms with Crippen LogP contribution in [0.25, 0.3) is 0 Å². The minimum atomic E-state index is -4.26. The quantitative estimate of drug-likeness (QED) is 0.849. The van der Waals surface area contributed by atoms with E-state index in [1.165, 1.54) is 9.21 Å². The molecule has 2 rings (SSSR count). The van der Waals surface area contributed by atoms with E-state index >= 15 is 0 Å². The monoisotopic (exact) mass is 336 g/mol. The Hall–Kier alpha value is -1.12. The van der Waals surface area contributed by atoms with Crippen molar-refractivity contribution in [1.29, 1.82) is 0 Å². The molecule has 4 nitrogen and oxygen atoms in total. The molecule has 1 fully saturated rings. The van der Waals surface area contributed by atoms with Crippen molar-refractivity contribution in [2.75, 3.05) is 32.7 Å². The zero-order valence-corrected chi connectivity index (χ0v) is 13.3. The summed E-state index contributed by atoms with van der Waals surface area (Å²) < 4.78 is 63.6. The zero-order valence-electron chi connectivity index (χ0n) is 12.5. The summed E-state index contributed by atoms with van der Waals surface area (Å²) in [5, 5.41) is 0. The van der Waals surface area contributed by atoms with Gasteiger partial charge in [-0.3, -0.25) is 4.90 Å². The van der Waals surface area contributed by atoms with Crippen molar-refractivity contribution in [2.24, 2.45) is 0 Å². The summed E-state index contributed by atoms with van der Waals surface area (Å²) >= 11 is 0. The molecule has 0 spiro atoms. The summed E-state index contributed by atoms with van der Waals surface area (Å²) in [6.45, 7) is 2.85. The predicted molar refractivity (Wildman–Crippen MR) is 77.2 cm³/mol. The van der Waals surface area contributed by atoms with Crippen LogP contribution in [-0.2, 0) is 10.0 Å². The van der Waals surface area contributed by atoms with Crippen molar-refractivity contribution in [3.63, 3.8) is 0 Å². The van der Waals surface area contributed by atoms with Crippen LogP contribution in [0.1, 0.15) is 11.1 Å². The summed E-state index contributed by atoms with van der Waals surface area (Å²) in [6.07, 6.45) is -4.26. The largest absolute Gasteiger partial charge is 0.401 e. The molecule has 124 valence electrons. The molecule has 8 heteroatoms. The molecule has 22 heavy (non-hydrogen) atoms. The van der Waals surface area contributed by atoms with Gasteiger partial charge >= 0.3 is 6.18 Å².